The molecule has 0 saturated carbocycles. The molecule has 1 heterocycles. The monoisotopic (exact) mass is 380 g/mol. The molecule has 9 nitrogen and oxygen atoms in total. The van der Waals surface area contributed by atoms with Crippen LogP contribution in [0.15, 0.2) is 12.1 Å². The number of carboxylic acids is 1. The zero-order chi connectivity index (χ0) is 20.1. The molecule has 1 aromatic carbocycles. The van der Waals surface area contributed by atoms with Gasteiger partial charge in [0.05, 0.1) is 14.2 Å². The quantitative estimate of drug-likeness (QED) is 0.719. The molecule has 0 aliphatic carbocycles. The number of aliphatic carboxylic acids is 1. The number of methoxy groups -OCH3 is 2. The van der Waals surface area contributed by atoms with Crippen LogP contribution in [0, 0.1) is 5.92 Å². The molecule has 0 bridgehead atoms. The van der Waals surface area contributed by atoms with E-state index in [4.69, 9.17) is 19.9 Å². The van der Waals surface area contributed by atoms with Gasteiger partial charge in [-0.3, -0.25) is 9.59 Å². The van der Waals surface area contributed by atoms with Gasteiger partial charge in [-0.15, -0.1) is 0 Å². The number of nitrogens with two attached hydrogens (primary N) is 1. The van der Waals surface area contributed by atoms with Crippen molar-refractivity contribution in [3.63, 3.8) is 0 Å². The van der Waals surface area contributed by atoms with Gasteiger partial charge in [-0.1, -0.05) is 6.92 Å². The maximum absolute atomic E-state index is 13.0. The maximum atomic E-state index is 13.0. The van der Waals surface area contributed by atoms with Gasteiger partial charge in [0.15, 0.2) is 18.1 Å². The minimum atomic E-state index is -1.03. The molecule has 1 aliphatic rings. The Labute approximate surface area is 157 Å². The molecule has 2 amide bonds. The third-order valence-corrected chi connectivity index (χ3v) is 4.51. The summed E-state index contributed by atoms with van der Waals surface area (Å²) in [4.78, 5) is 37.0. The first kappa shape index (κ1) is 20.3. The Morgan fingerprint density at radius 2 is 1.81 bits per heavy atom. The standard InChI is InChI=1S/C18H24N2O7/c1-10-5-4-6-20(15(10)18(23)24)17(22)11-7-12(25-2)16(13(8-11)26-3)27-9-14(19)21/h7-8,10,15H,4-6,9H2,1-3H3,(H2,19,21)(H,23,24). The highest BCUT2D eigenvalue weighted by molar-refractivity contribution is 5.98. The van der Waals surface area contributed by atoms with E-state index in [9.17, 15) is 19.5 Å². The second kappa shape index (κ2) is 8.61. The van der Waals surface area contributed by atoms with Crippen molar-refractivity contribution in [2.75, 3.05) is 27.4 Å². The first-order valence-electron chi connectivity index (χ1n) is 8.51. The number of piperidine rings is 1. The summed E-state index contributed by atoms with van der Waals surface area (Å²) in [7, 11) is 2.76. The lowest BCUT2D eigenvalue weighted by molar-refractivity contribution is -0.145. The molecule has 2 atom stereocenters. The normalized spacial score (nSPS) is 19.3. The van der Waals surface area contributed by atoms with E-state index in [0.717, 1.165) is 12.8 Å². The van der Waals surface area contributed by atoms with Gasteiger partial charge in [0.1, 0.15) is 6.04 Å². The molecule has 2 unspecified atom stereocenters. The van der Waals surface area contributed by atoms with Gasteiger partial charge in [0, 0.05) is 12.1 Å². The Balaban J connectivity index is 2.40. The number of amides is 2. The van der Waals surface area contributed by atoms with E-state index in [2.05, 4.69) is 0 Å². The number of benzene rings is 1. The Kier molecular flexibility index (Phi) is 6.49. The summed E-state index contributed by atoms with van der Waals surface area (Å²) in [5, 5.41) is 9.54. The fourth-order valence-corrected chi connectivity index (χ4v) is 3.25. The number of hydrogen-bond acceptors (Lipinski definition) is 6. The van der Waals surface area contributed by atoms with Gasteiger partial charge in [-0.05, 0) is 30.9 Å². The number of hydrogen-bond donors (Lipinski definition) is 2. The summed E-state index contributed by atoms with van der Waals surface area (Å²) in [6.07, 6.45) is 1.47. The summed E-state index contributed by atoms with van der Waals surface area (Å²) in [5.41, 5.74) is 5.30. The highest BCUT2D eigenvalue weighted by atomic mass is 16.5. The van der Waals surface area contributed by atoms with Crippen molar-refractivity contribution >= 4 is 17.8 Å². The van der Waals surface area contributed by atoms with E-state index in [0.29, 0.717) is 6.54 Å². The predicted octanol–water partition coefficient (Wildman–Crippen LogP) is 0.893. The number of likely N-dealkylation sites (tertiary alicyclic amines) is 1. The van der Waals surface area contributed by atoms with E-state index in [1.807, 2.05) is 6.92 Å². The van der Waals surface area contributed by atoms with Crippen LogP contribution >= 0.6 is 0 Å². The van der Waals surface area contributed by atoms with Gasteiger partial charge in [-0.2, -0.15) is 0 Å². The molecular formula is C18H24N2O7. The molecule has 9 heteroatoms. The number of nitrogens with zero attached hydrogens (tertiary/aromatic N) is 1. The highest BCUT2D eigenvalue weighted by Gasteiger charge is 2.37. The SMILES string of the molecule is COc1cc(C(=O)N2CCCC(C)C2C(=O)O)cc(OC)c1OCC(N)=O. The fourth-order valence-electron chi connectivity index (χ4n) is 3.25. The zero-order valence-corrected chi connectivity index (χ0v) is 15.6. The van der Waals surface area contributed by atoms with Crippen LogP contribution in [0.1, 0.15) is 30.1 Å². The number of primary amides is 1. The molecule has 2 rings (SSSR count). The Morgan fingerprint density at radius 1 is 1.22 bits per heavy atom. The van der Waals surface area contributed by atoms with Gasteiger partial charge < -0.3 is 30.0 Å². The summed E-state index contributed by atoms with van der Waals surface area (Å²) >= 11 is 0. The van der Waals surface area contributed by atoms with Gasteiger partial charge in [-0.25, -0.2) is 4.79 Å². The topological polar surface area (TPSA) is 128 Å². The second-order valence-corrected chi connectivity index (χ2v) is 6.37. The molecule has 0 aromatic heterocycles. The summed E-state index contributed by atoms with van der Waals surface area (Å²) in [6, 6.07) is 1.97. The summed E-state index contributed by atoms with van der Waals surface area (Å²) in [5.74, 6) is -1.81. The average molecular weight is 380 g/mol. The Bertz CT molecular complexity index is 709. The minimum absolute atomic E-state index is 0.136. The van der Waals surface area contributed by atoms with Crippen LogP contribution in [-0.4, -0.2) is 61.2 Å². The smallest absolute Gasteiger partial charge is 0.326 e. The number of carboxylic acid groups (broad SMARTS) is 1. The second-order valence-electron chi connectivity index (χ2n) is 6.37. The molecule has 1 fully saturated rings. The van der Waals surface area contributed by atoms with E-state index >= 15 is 0 Å². The van der Waals surface area contributed by atoms with Crippen molar-refractivity contribution in [1.29, 1.82) is 0 Å². The Hall–Kier alpha value is -2.97. The Morgan fingerprint density at radius 3 is 2.30 bits per heavy atom. The molecule has 0 radical (unpaired) electrons. The fraction of sp³-hybridized carbons (Fsp3) is 0.500. The third-order valence-electron chi connectivity index (χ3n) is 4.51. The van der Waals surface area contributed by atoms with Crippen molar-refractivity contribution in [2.24, 2.45) is 11.7 Å². The number of carbonyl (C=O) groups excluding carboxylic acids is 2. The van der Waals surface area contributed by atoms with Gasteiger partial charge in [0.2, 0.25) is 5.75 Å². The van der Waals surface area contributed by atoms with Crippen LogP contribution in [0.2, 0.25) is 0 Å². The van der Waals surface area contributed by atoms with Crippen molar-refractivity contribution in [2.45, 2.75) is 25.8 Å². The number of ether oxygens (including phenoxy) is 3. The first-order chi connectivity index (χ1) is 12.8. The number of rotatable bonds is 7. The van der Waals surface area contributed by atoms with Crippen molar-refractivity contribution in [1.82, 2.24) is 4.90 Å². The maximum Gasteiger partial charge on any atom is 0.326 e. The minimum Gasteiger partial charge on any atom is -0.493 e. The summed E-state index contributed by atoms with van der Waals surface area (Å²) < 4.78 is 15.8. The van der Waals surface area contributed by atoms with Crippen LogP contribution in [0.25, 0.3) is 0 Å². The lowest BCUT2D eigenvalue weighted by atomic mass is 9.90. The van der Waals surface area contributed by atoms with E-state index < -0.39 is 23.8 Å². The lowest BCUT2D eigenvalue weighted by Crippen LogP contribution is -2.51. The lowest BCUT2D eigenvalue weighted by Gasteiger charge is -2.37. The average Bonchev–Trinajstić information content (AvgIpc) is 2.64. The van der Waals surface area contributed by atoms with Crippen LogP contribution in [0.5, 0.6) is 17.2 Å². The van der Waals surface area contributed by atoms with Gasteiger partial charge in [0.25, 0.3) is 11.8 Å². The zero-order valence-electron chi connectivity index (χ0n) is 15.6. The molecule has 1 saturated heterocycles. The number of carbonyl (C=O) groups is 3. The van der Waals surface area contributed by atoms with Crippen LogP contribution in [-0.2, 0) is 9.59 Å². The largest absolute Gasteiger partial charge is 0.493 e. The highest BCUT2D eigenvalue weighted by Crippen LogP contribution is 2.39. The summed E-state index contributed by atoms with van der Waals surface area (Å²) in [6.45, 7) is 1.79. The van der Waals surface area contributed by atoms with Crippen LogP contribution < -0.4 is 19.9 Å². The molecule has 1 aromatic rings. The van der Waals surface area contributed by atoms with E-state index in [1.54, 1.807) is 0 Å². The van der Waals surface area contributed by atoms with Gasteiger partial charge >= 0.3 is 5.97 Å². The third kappa shape index (κ3) is 4.42. The van der Waals surface area contributed by atoms with Crippen molar-refractivity contribution in [3.8, 4) is 17.2 Å². The molecule has 3 N–H and O–H groups in total. The molecule has 148 valence electrons. The predicted molar refractivity (Wildman–Crippen MR) is 95.1 cm³/mol. The van der Waals surface area contributed by atoms with Crippen molar-refractivity contribution in [3.05, 3.63) is 17.7 Å². The van der Waals surface area contributed by atoms with Crippen LogP contribution in [0.3, 0.4) is 0 Å². The van der Waals surface area contributed by atoms with E-state index in [-0.39, 0.29) is 35.3 Å². The molecule has 27 heavy (non-hydrogen) atoms. The molecular weight excluding hydrogens is 356 g/mol. The van der Waals surface area contributed by atoms with Crippen LogP contribution in [0.4, 0.5) is 0 Å². The molecule has 0 spiro atoms. The van der Waals surface area contributed by atoms with Crippen molar-refractivity contribution < 1.29 is 33.7 Å². The first-order valence-corrected chi connectivity index (χ1v) is 8.51. The van der Waals surface area contributed by atoms with E-state index in [1.165, 1.54) is 31.3 Å². The molecule has 1 aliphatic heterocycles.